The number of aromatic carboxylic acids is 1. The molecule has 2 aromatic carbocycles. The monoisotopic (exact) mass is 315 g/mol. The number of hydrogen-bond acceptors (Lipinski definition) is 5. The molecule has 0 saturated carbocycles. The number of carboxylic acid groups (broad SMARTS) is 1. The van der Waals surface area contributed by atoms with Gasteiger partial charge < -0.3 is 25.0 Å². The molecule has 3 rings (SSSR count). The highest BCUT2D eigenvalue weighted by Crippen LogP contribution is 2.33. The van der Waals surface area contributed by atoms with Crippen LogP contribution >= 0.6 is 0 Å². The molecule has 23 heavy (non-hydrogen) atoms. The average Bonchev–Trinajstić information content (AvgIpc) is 2.97. The van der Waals surface area contributed by atoms with Crippen molar-refractivity contribution in [1.29, 1.82) is 0 Å². The largest absolute Gasteiger partial charge is 0.507 e. The van der Waals surface area contributed by atoms with E-state index in [0.717, 1.165) is 0 Å². The van der Waals surface area contributed by atoms with E-state index in [-0.39, 0.29) is 23.8 Å². The summed E-state index contributed by atoms with van der Waals surface area (Å²) in [6.07, 6.45) is 0. The Morgan fingerprint density at radius 3 is 2.61 bits per heavy atom. The highest BCUT2D eigenvalue weighted by atomic mass is 16.7. The van der Waals surface area contributed by atoms with Gasteiger partial charge in [0.2, 0.25) is 6.79 Å². The molecule has 0 saturated heterocycles. The zero-order valence-corrected chi connectivity index (χ0v) is 12.1. The molecule has 3 N–H and O–H groups in total. The molecule has 0 aromatic heterocycles. The minimum Gasteiger partial charge on any atom is -0.507 e. The van der Waals surface area contributed by atoms with Crippen molar-refractivity contribution in [2.45, 2.75) is 6.92 Å². The van der Waals surface area contributed by atoms with Gasteiger partial charge in [-0.25, -0.2) is 4.79 Å². The first kappa shape index (κ1) is 14.7. The van der Waals surface area contributed by atoms with Crippen LogP contribution in [0.5, 0.6) is 17.2 Å². The normalized spacial score (nSPS) is 12.0. The van der Waals surface area contributed by atoms with Crippen LogP contribution in [0.3, 0.4) is 0 Å². The number of anilines is 1. The summed E-state index contributed by atoms with van der Waals surface area (Å²) < 4.78 is 10.4. The molecule has 0 atom stereocenters. The molecule has 0 unspecified atom stereocenters. The third-order valence-corrected chi connectivity index (χ3v) is 3.42. The lowest BCUT2D eigenvalue weighted by atomic mass is 10.1. The van der Waals surface area contributed by atoms with E-state index in [4.69, 9.17) is 14.6 Å². The first-order valence-electron chi connectivity index (χ1n) is 6.73. The highest BCUT2D eigenvalue weighted by molar-refractivity contribution is 6.05. The van der Waals surface area contributed by atoms with Crippen LogP contribution in [0, 0.1) is 6.92 Å². The molecule has 0 bridgehead atoms. The Morgan fingerprint density at radius 2 is 1.87 bits per heavy atom. The highest BCUT2D eigenvalue weighted by Gasteiger charge is 2.18. The molecule has 1 amide bonds. The third kappa shape index (κ3) is 2.76. The summed E-state index contributed by atoms with van der Waals surface area (Å²) in [7, 11) is 0. The van der Waals surface area contributed by atoms with Crippen LogP contribution in [0.25, 0.3) is 0 Å². The van der Waals surface area contributed by atoms with Crippen LogP contribution in [0.4, 0.5) is 5.69 Å². The lowest BCUT2D eigenvalue weighted by molar-refractivity contribution is 0.0693. The summed E-state index contributed by atoms with van der Waals surface area (Å²) >= 11 is 0. The number of carbonyl (C=O) groups is 2. The van der Waals surface area contributed by atoms with E-state index in [1.807, 2.05) is 0 Å². The van der Waals surface area contributed by atoms with Gasteiger partial charge in [0, 0.05) is 11.3 Å². The number of carbonyl (C=O) groups excluding carboxylic acids is 1. The van der Waals surface area contributed by atoms with Crippen molar-refractivity contribution in [3.05, 3.63) is 47.0 Å². The SMILES string of the molecule is Cc1cc(NC(=O)c2ccc3c(c2)OCO3)cc(C(=O)O)c1O. The Morgan fingerprint density at radius 1 is 1.13 bits per heavy atom. The Hall–Kier alpha value is -3.22. The standard InChI is InChI=1S/C16H13NO6/c1-8-4-10(6-11(14(8)18)16(20)21)17-15(19)9-2-3-12-13(5-9)23-7-22-12/h2-6,18H,7H2,1H3,(H,17,19)(H,20,21). The quantitative estimate of drug-likeness (QED) is 0.751. The number of aryl methyl sites for hydroxylation is 1. The summed E-state index contributed by atoms with van der Waals surface area (Å²) in [5.41, 5.74) is 0.703. The van der Waals surface area contributed by atoms with Gasteiger partial charge in [-0.1, -0.05) is 0 Å². The van der Waals surface area contributed by atoms with Crippen molar-refractivity contribution >= 4 is 17.6 Å². The van der Waals surface area contributed by atoms with Gasteiger partial charge in [-0.15, -0.1) is 0 Å². The van der Waals surface area contributed by atoms with Gasteiger partial charge >= 0.3 is 5.97 Å². The molecular formula is C16H13NO6. The van der Waals surface area contributed by atoms with E-state index in [2.05, 4.69) is 5.32 Å². The van der Waals surface area contributed by atoms with Gasteiger partial charge in [-0.3, -0.25) is 4.79 Å². The summed E-state index contributed by atoms with van der Waals surface area (Å²) in [6, 6.07) is 7.45. The topological polar surface area (TPSA) is 105 Å². The third-order valence-electron chi connectivity index (χ3n) is 3.42. The number of benzene rings is 2. The summed E-state index contributed by atoms with van der Waals surface area (Å²) in [5, 5.41) is 21.4. The zero-order valence-electron chi connectivity index (χ0n) is 12.1. The molecule has 0 fully saturated rings. The second-order valence-electron chi connectivity index (χ2n) is 5.02. The molecule has 7 nitrogen and oxygen atoms in total. The smallest absolute Gasteiger partial charge is 0.339 e. The first-order valence-corrected chi connectivity index (χ1v) is 6.73. The van der Waals surface area contributed by atoms with Crippen molar-refractivity contribution in [3.63, 3.8) is 0 Å². The van der Waals surface area contributed by atoms with Crippen molar-refractivity contribution in [2.24, 2.45) is 0 Å². The fraction of sp³-hybridized carbons (Fsp3) is 0.125. The Labute approximate surface area is 131 Å². The minimum absolute atomic E-state index is 0.111. The van der Waals surface area contributed by atoms with Gasteiger partial charge in [0.25, 0.3) is 5.91 Å². The van der Waals surface area contributed by atoms with Crippen LogP contribution < -0.4 is 14.8 Å². The number of phenols is 1. The van der Waals surface area contributed by atoms with Crippen molar-refractivity contribution in [3.8, 4) is 17.2 Å². The number of amides is 1. The number of hydrogen-bond donors (Lipinski definition) is 3. The fourth-order valence-electron chi connectivity index (χ4n) is 2.26. The molecule has 0 spiro atoms. The molecule has 0 aliphatic carbocycles. The van der Waals surface area contributed by atoms with Gasteiger partial charge in [0.05, 0.1) is 0 Å². The van der Waals surface area contributed by atoms with Crippen LogP contribution in [0.15, 0.2) is 30.3 Å². The zero-order chi connectivity index (χ0) is 16.6. The van der Waals surface area contributed by atoms with Crippen molar-refractivity contribution < 1.29 is 29.3 Å². The lowest BCUT2D eigenvalue weighted by Gasteiger charge is -2.10. The molecule has 0 radical (unpaired) electrons. The van der Waals surface area contributed by atoms with E-state index in [1.165, 1.54) is 12.1 Å². The predicted octanol–water partition coefficient (Wildman–Crippen LogP) is 2.38. The van der Waals surface area contributed by atoms with Gasteiger partial charge in [0.15, 0.2) is 11.5 Å². The predicted molar refractivity (Wildman–Crippen MR) is 80.3 cm³/mol. The fourth-order valence-corrected chi connectivity index (χ4v) is 2.26. The van der Waals surface area contributed by atoms with Crippen molar-refractivity contribution in [2.75, 3.05) is 12.1 Å². The summed E-state index contributed by atoms with van der Waals surface area (Å²) in [6.45, 7) is 1.66. The maximum Gasteiger partial charge on any atom is 0.339 e. The number of rotatable bonds is 3. The van der Waals surface area contributed by atoms with Crippen molar-refractivity contribution in [1.82, 2.24) is 0 Å². The number of nitrogens with one attached hydrogen (secondary N) is 1. The van der Waals surface area contributed by atoms with E-state index in [0.29, 0.717) is 22.6 Å². The molecule has 7 heteroatoms. The average molecular weight is 315 g/mol. The molecule has 1 aliphatic heterocycles. The summed E-state index contributed by atoms with van der Waals surface area (Å²) in [4.78, 5) is 23.4. The number of carboxylic acids is 1. The first-order chi connectivity index (χ1) is 11.0. The van der Waals surface area contributed by atoms with Crippen LogP contribution in [-0.2, 0) is 0 Å². The number of ether oxygens (including phenoxy) is 2. The minimum atomic E-state index is -1.27. The van der Waals surface area contributed by atoms with Gasteiger partial charge in [-0.05, 0) is 42.8 Å². The van der Waals surface area contributed by atoms with E-state index in [1.54, 1.807) is 25.1 Å². The van der Waals surface area contributed by atoms with Crippen LogP contribution in [0.1, 0.15) is 26.3 Å². The molecular weight excluding hydrogens is 302 g/mol. The van der Waals surface area contributed by atoms with E-state index < -0.39 is 11.9 Å². The maximum absolute atomic E-state index is 12.3. The number of aromatic hydroxyl groups is 1. The second-order valence-corrected chi connectivity index (χ2v) is 5.02. The van der Waals surface area contributed by atoms with E-state index in [9.17, 15) is 14.7 Å². The lowest BCUT2D eigenvalue weighted by Crippen LogP contribution is -2.12. The van der Waals surface area contributed by atoms with E-state index >= 15 is 0 Å². The molecule has 1 heterocycles. The van der Waals surface area contributed by atoms with Gasteiger partial charge in [-0.2, -0.15) is 0 Å². The molecule has 1 aliphatic rings. The molecule has 2 aromatic rings. The second kappa shape index (κ2) is 5.53. The molecule has 118 valence electrons. The summed E-state index contributed by atoms with van der Waals surface area (Å²) in [5.74, 6) is -0.978. The Bertz CT molecular complexity index is 814. The van der Waals surface area contributed by atoms with Gasteiger partial charge in [0.1, 0.15) is 11.3 Å². The number of fused-ring (bicyclic) bond motifs is 1. The van der Waals surface area contributed by atoms with Crippen LogP contribution in [-0.4, -0.2) is 28.9 Å². The maximum atomic E-state index is 12.3. The van der Waals surface area contributed by atoms with Crippen LogP contribution in [0.2, 0.25) is 0 Å². The Balaban J connectivity index is 1.87. The Kier molecular flexibility index (Phi) is 3.53.